The van der Waals surface area contributed by atoms with Crippen LogP contribution in [0, 0.1) is 0 Å². The molecule has 302 valence electrons. The van der Waals surface area contributed by atoms with Crippen molar-refractivity contribution in [3.63, 3.8) is 0 Å². The second-order valence-electron chi connectivity index (χ2n) is 13.9. The molecular weight excluding hydrogens is 880 g/mol. The molecule has 0 bridgehead atoms. The highest BCUT2D eigenvalue weighted by Gasteiger charge is 2.30. The Balaban J connectivity index is 0.906. The number of ether oxygens (including phenoxy) is 2. The Morgan fingerprint density at radius 2 is 1.31 bits per heavy atom. The zero-order valence-electron chi connectivity index (χ0n) is 31.1. The molecule has 6 heterocycles. The number of halogens is 4. The summed E-state index contributed by atoms with van der Waals surface area (Å²) < 4.78 is 49.3. The molecule has 4 aromatic heterocycles. The molecule has 0 atom stereocenters. The number of hydrogen-bond donors (Lipinski definition) is 1. The van der Waals surface area contributed by atoms with Gasteiger partial charge in [-0.1, -0.05) is 58.6 Å². The normalized spacial score (nSPS) is 13.9. The van der Waals surface area contributed by atoms with Gasteiger partial charge in [-0.05, 0) is 106 Å². The van der Waals surface area contributed by atoms with Crippen LogP contribution in [0.1, 0.15) is 48.2 Å². The number of unbranched alkanes of at least 4 members (excludes halogenated alkanes) is 2. The van der Waals surface area contributed by atoms with Gasteiger partial charge in [0.15, 0.2) is 4.21 Å². The van der Waals surface area contributed by atoms with Crippen molar-refractivity contribution in [1.82, 2.24) is 24.5 Å². The molecule has 0 aliphatic carbocycles. The lowest BCUT2D eigenvalue weighted by molar-refractivity contribution is 0.326. The lowest BCUT2D eigenvalue weighted by Gasteiger charge is -2.15. The highest BCUT2D eigenvalue weighted by atomic mass is 35.5. The lowest BCUT2D eigenvalue weighted by atomic mass is 10.1. The standard InChI is InChI=1S/C41H37Cl4N5O5S3/c1-48(17-6-2-4-8-31-27-14-19-54-35-16-21-56-40(35)38(27)49(46-31)33-12-10-25(42)22-29(33)44)18-7-3-5-9-32-28-15-20-55-36-24-37(58(51,52)53)57-41(36)39(28)50(47-32)34-13-11-26(43)23-30(34)45/h4-5,8-13,16,21-24H,2-3,6-7,14-15,17-20H2,1H3,(H,51,52,53)/b8-4+,9-5+. The Labute approximate surface area is 364 Å². The van der Waals surface area contributed by atoms with E-state index in [1.807, 2.05) is 34.3 Å². The maximum atomic E-state index is 12.0. The van der Waals surface area contributed by atoms with Crippen LogP contribution in [0.3, 0.4) is 0 Å². The molecule has 8 rings (SSSR count). The smallest absolute Gasteiger partial charge is 0.304 e. The molecule has 58 heavy (non-hydrogen) atoms. The number of rotatable bonds is 13. The Morgan fingerprint density at radius 1 is 0.776 bits per heavy atom. The molecule has 17 heteroatoms. The summed E-state index contributed by atoms with van der Waals surface area (Å²) in [5, 5.41) is 14.0. The van der Waals surface area contributed by atoms with Crippen molar-refractivity contribution in [3.8, 4) is 44.0 Å². The van der Waals surface area contributed by atoms with Crippen LogP contribution in [0.2, 0.25) is 20.1 Å². The van der Waals surface area contributed by atoms with Crippen molar-refractivity contribution in [2.75, 3.05) is 33.4 Å². The largest absolute Gasteiger partial charge is 0.492 e. The van der Waals surface area contributed by atoms with E-state index in [9.17, 15) is 13.0 Å². The first-order valence-electron chi connectivity index (χ1n) is 18.6. The van der Waals surface area contributed by atoms with Crippen molar-refractivity contribution < 1.29 is 22.4 Å². The number of benzene rings is 2. The molecule has 0 unspecified atom stereocenters. The van der Waals surface area contributed by atoms with Crippen LogP contribution in [0.5, 0.6) is 11.5 Å². The fourth-order valence-electron chi connectivity index (χ4n) is 7.14. The Morgan fingerprint density at radius 3 is 1.84 bits per heavy atom. The molecule has 0 spiro atoms. The monoisotopic (exact) mass is 915 g/mol. The predicted octanol–water partition coefficient (Wildman–Crippen LogP) is 11.5. The van der Waals surface area contributed by atoms with Crippen LogP contribution in [0.25, 0.3) is 44.7 Å². The van der Waals surface area contributed by atoms with E-state index in [4.69, 9.17) is 66.1 Å². The first-order valence-corrected chi connectivity index (χ1v) is 23.2. The Kier molecular flexibility index (Phi) is 12.4. The summed E-state index contributed by atoms with van der Waals surface area (Å²) in [6.07, 6.45) is 13.4. The number of hydrogen-bond acceptors (Lipinski definition) is 9. The van der Waals surface area contributed by atoms with Gasteiger partial charge in [0.05, 0.1) is 67.2 Å². The van der Waals surface area contributed by atoms with Crippen molar-refractivity contribution in [3.05, 3.63) is 109 Å². The summed E-state index contributed by atoms with van der Waals surface area (Å²) in [6.45, 7) is 2.76. The number of thiophene rings is 2. The van der Waals surface area contributed by atoms with Gasteiger partial charge in [-0.15, -0.1) is 22.7 Å². The fourth-order valence-corrected chi connectivity index (χ4v) is 10.8. The molecule has 0 radical (unpaired) electrons. The molecule has 0 saturated heterocycles. The van der Waals surface area contributed by atoms with Gasteiger partial charge >= 0.3 is 10.1 Å². The zero-order chi connectivity index (χ0) is 40.6. The molecule has 0 fully saturated rings. The maximum Gasteiger partial charge on any atom is 0.304 e. The molecule has 2 aromatic carbocycles. The van der Waals surface area contributed by atoms with Crippen LogP contribution in [0.4, 0.5) is 0 Å². The Bertz CT molecular complexity index is 2660. The molecule has 0 amide bonds. The molecule has 1 N–H and O–H groups in total. The van der Waals surface area contributed by atoms with Gasteiger partial charge in [0, 0.05) is 40.1 Å². The fraction of sp³-hybridized carbons (Fsp3) is 0.268. The number of fused-ring (bicyclic) bond motifs is 6. The lowest BCUT2D eigenvalue weighted by Crippen LogP contribution is -2.20. The summed E-state index contributed by atoms with van der Waals surface area (Å²) >= 11 is 28.3. The third-order valence-corrected chi connectivity index (χ3v) is 14.3. The van der Waals surface area contributed by atoms with Gasteiger partial charge in [-0.2, -0.15) is 18.6 Å². The molecule has 0 saturated carbocycles. The number of allylic oxidation sites excluding steroid dienone is 2. The minimum atomic E-state index is -4.43. The van der Waals surface area contributed by atoms with Gasteiger partial charge in [0.2, 0.25) is 0 Å². The van der Waals surface area contributed by atoms with Crippen LogP contribution < -0.4 is 9.47 Å². The molecule has 2 aliphatic rings. The van der Waals surface area contributed by atoms with E-state index in [2.05, 4.69) is 30.2 Å². The molecule has 6 aromatic rings. The quantitative estimate of drug-likeness (QED) is 0.0901. The van der Waals surface area contributed by atoms with Crippen LogP contribution in [-0.2, 0) is 23.0 Å². The topological polar surface area (TPSA) is 112 Å². The van der Waals surface area contributed by atoms with E-state index in [0.717, 1.165) is 101 Å². The summed E-state index contributed by atoms with van der Waals surface area (Å²) in [6, 6.07) is 14.0. The molecular formula is C41H37Cl4N5O5S3. The van der Waals surface area contributed by atoms with Gasteiger partial charge in [0.25, 0.3) is 0 Å². The van der Waals surface area contributed by atoms with Gasteiger partial charge in [0.1, 0.15) is 11.5 Å². The number of nitrogens with zero attached hydrogens (tertiary/aromatic N) is 5. The van der Waals surface area contributed by atoms with E-state index in [0.29, 0.717) is 61.7 Å². The summed E-state index contributed by atoms with van der Waals surface area (Å²) in [5.74, 6) is 1.23. The molecule has 2 aliphatic heterocycles. The van der Waals surface area contributed by atoms with Crippen molar-refractivity contribution in [2.24, 2.45) is 0 Å². The minimum absolute atomic E-state index is 0.202. The Hall–Kier alpha value is -3.63. The van der Waals surface area contributed by atoms with E-state index < -0.39 is 10.1 Å². The zero-order valence-corrected chi connectivity index (χ0v) is 36.6. The highest BCUT2D eigenvalue weighted by molar-refractivity contribution is 7.88. The van der Waals surface area contributed by atoms with Gasteiger partial charge in [-0.3, -0.25) is 4.55 Å². The number of aromatic nitrogens is 4. The minimum Gasteiger partial charge on any atom is -0.492 e. The van der Waals surface area contributed by atoms with E-state index in [-0.39, 0.29) is 4.21 Å². The van der Waals surface area contributed by atoms with Gasteiger partial charge in [-0.25, -0.2) is 9.36 Å². The van der Waals surface area contributed by atoms with E-state index >= 15 is 0 Å². The highest BCUT2D eigenvalue weighted by Crippen LogP contribution is 2.46. The SMILES string of the molecule is CN(CCC/C=C/c1nn(-c2ccc(Cl)cc2Cl)c2c1CCOc1ccsc1-2)CCC/C=C/c1nn(-c2ccc(Cl)cc2Cl)c2c1CCOc1cc(S(=O)(=O)O)sc1-2. The maximum absolute atomic E-state index is 12.0. The molecule has 10 nitrogen and oxygen atoms in total. The van der Waals surface area contributed by atoms with Crippen LogP contribution in [0.15, 0.2) is 70.3 Å². The average Bonchev–Trinajstić information content (AvgIpc) is 3.92. The van der Waals surface area contributed by atoms with Crippen molar-refractivity contribution in [2.45, 2.75) is 42.7 Å². The van der Waals surface area contributed by atoms with Crippen molar-refractivity contribution in [1.29, 1.82) is 0 Å². The average molecular weight is 918 g/mol. The van der Waals surface area contributed by atoms with E-state index in [1.54, 1.807) is 40.3 Å². The predicted molar refractivity (Wildman–Crippen MR) is 236 cm³/mol. The first kappa shape index (κ1) is 41.1. The second-order valence-corrected chi connectivity index (χ2v) is 19.2. The van der Waals surface area contributed by atoms with Crippen LogP contribution in [-0.4, -0.2) is 70.8 Å². The first-order chi connectivity index (χ1) is 28.0. The summed E-state index contributed by atoms with van der Waals surface area (Å²) in [4.78, 5) is 3.93. The summed E-state index contributed by atoms with van der Waals surface area (Å²) in [7, 11) is -2.30. The third-order valence-electron chi connectivity index (χ3n) is 9.89. The third kappa shape index (κ3) is 8.65. The van der Waals surface area contributed by atoms with Crippen LogP contribution >= 0.6 is 69.1 Å². The van der Waals surface area contributed by atoms with E-state index in [1.165, 1.54) is 6.07 Å². The van der Waals surface area contributed by atoms with Gasteiger partial charge < -0.3 is 14.4 Å². The second kappa shape index (κ2) is 17.5. The summed E-state index contributed by atoms with van der Waals surface area (Å²) in [5.41, 5.74) is 6.73. The van der Waals surface area contributed by atoms with Crippen molar-refractivity contribution >= 4 is 91.3 Å².